The Morgan fingerprint density at radius 3 is 2.56 bits per heavy atom. The van der Waals surface area contributed by atoms with Crippen molar-refractivity contribution in [3.05, 3.63) is 0 Å². The van der Waals surface area contributed by atoms with Gasteiger partial charge in [-0.25, -0.2) is 4.79 Å². The molecule has 2 N–H and O–H groups in total. The van der Waals surface area contributed by atoms with Crippen LogP contribution in [0.3, 0.4) is 0 Å². The summed E-state index contributed by atoms with van der Waals surface area (Å²) >= 11 is 0. The number of amides is 2. The number of likely N-dealkylation sites (tertiary alicyclic amines) is 1. The third-order valence-corrected chi connectivity index (χ3v) is 3.49. The van der Waals surface area contributed by atoms with Gasteiger partial charge in [-0.2, -0.15) is 0 Å². The summed E-state index contributed by atoms with van der Waals surface area (Å²) in [7, 11) is 0. The zero-order valence-corrected chi connectivity index (χ0v) is 10.9. The molecule has 102 valence electrons. The first-order valence-electron chi connectivity index (χ1n) is 6.22. The first-order valence-corrected chi connectivity index (χ1v) is 6.22. The fourth-order valence-corrected chi connectivity index (χ4v) is 2.46. The van der Waals surface area contributed by atoms with Crippen molar-refractivity contribution in [3.63, 3.8) is 0 Å². The van der Waals surface area contributed by atoms with E-state index in [0.717, 1.165) is 0 Å². The number of carboxylic acid groups (broad SMARTS) is 1. The van der Waals surface area contributed by atoms with Crippen molar-refractivity contribution in [3.8, 4) is 0 Å². The lowest BCUT2D eigenvalue weighted by Gasteiger charge is -2.34. The van der Waals surface area contributed by atoms with E-state index >= 15 is 0 Å². The molecule has 0 aliphatic carbocycles. The second kappa shape index (κ2) is 5.84. The zero-order valence-electron chi connectivity index (χ0n) is 10.9. The van der Waals surface area contributed by atoms with Crippen LogP contribution < -0.4 is 5.32 Å². The molecule has 0 aromatic heterocycles. The average Bonchev–Trinajstić information content (AvgIpc) is 2.73. The van der Waals surface area contributed by atoms with Crippen LogP contribution in [-0.2, 0) is 14.4 Å². The molecule has 0 bridgehead atoms. The van der Waals surface area contributed by atoms with Crippen LogP contribution in [0.15, 0.2) is 0 Å². The molecule has 6 heteroatoms. The number of carboxylic acids is 1. The lowest BCUT2D eigenvalue weighted by atomic mass is 9.93. The average molecular weight is 256 g/mol. The highest BCUT2D eigenvalue weighted by atomic mass is 16.4. The predicted molar refractivity (Wildman–Crippen MR) is 64.9 cm³/mol. The van der Waals surface area contributed by atoms with E-state index in [1.54, 1.807) is 6.92 Å². The summed E-state index contributed by atoms with van der Waals surface area (Å²) in [6.45, 7) is 3.91. The van der Waals surface area contributed by atoms with Gasteiger partial charge in [0.2, 0.25) is 11.8 Å². The summed E-state index contributed by atoms with van der Waals surface area (Å²) in [5.74, 6) is -1.33. The maximum absolute atomic E-state index is 12.0. The first-order chi connectivity index (χ1) is 8.44. The predicted octanol–water partition coefficient (Wildman–Crippen LogP) is 0.368. The molecule has 1 heterocycles. The van der Waals surface area contributed by atoms with Crippen LogP contribution in [0.1, 0.15) is 39.5 Å². The van der Waals surface area contributed by atoms with Gasteiger partial charge < -0.3 is 15.3 Å². The zero-order chi connectivity index (χ0) is 13.8. The molecule has 2 amide bonds. The van der Waals surface area contributed by atoms with Crippen molar-refractivity contribution in [2.24, 2.45) is 0 Å². The maximum atomic E-state index is 12.0. The number of rotatable bonds is 5. The lowest BCUT2D eigenvalue weighted by molar-refractivity contribution is -0.156. The molecule has 0 spiro atoms. The van der Waals surface area contributed by atoms with Crippen LogP contribution >= 0.6 is 0 Å². The molecule has 6 nitrogen and oxygen atoms in total. The fraction of sp³-hybridized carbons (Fsp3) is 0.750. The molecule has 0 radical (unpaired) electrons. The molecular formula is C12H20N2O4. The van der Waals surface area contributed by atoms with Crippen LogP contribution in [0.25, 0.3) is 0 Å². The van der Waals surface area contributed by atoms with Crippen molar-refractivity contribution in [1.82, 2.24) is 10.2 Å². The largest absolute Gasteiger partial charge is 0.479 e. The number of nitrogens with zero attached hydrogens (tertiary/aromatic N) is 1. The summed E-state index contributed by atoms with van der Waals surface area (Å²) in [5.41, 5.74) is -1.05. The van der Waals surface area contributed by atoms with Gasteiger partial charge in [0.15, 0.2) is 0 Å². The molecule has 1 rings (SSSR count). The minimum atomic E-state index is -1.05. The highest BCUT2D eigenvalue weighted by Crippen LogP contribution is 2.33. The lowest BCUT2D eigenvalue weighted by Crippen LogP contribution is -2.53. The Hall–Kier alpha value is -1.59. The fourth-order valence-electron chi connectivity index (χ4n) is 2.46. The van der Waals surface area contributed by atoms with Crippen molar-refractivity contribution in [2.75, 3.05) is 13.1 Å². The van der Waals surface area contributed by atoms with E-state index in [9.17, 15) is 19.5 Å². The number of hydrogen-bond acceptors (Lipinski definition) is 3. The van der Waals surface area contributed by atoms with Gasteiger partial charge in [0.1, 0.15) is 5.54 Å². The van der Waals surface area contributed by atoms with Crippen LogP contribution in [0.5, 0.6) is 0 Å². The molecule has 1 unspecified atom stereocenters. The Balaban J connectivity index is 2.66. The first kappa shape index (κ1) is 14.5. The molecular weight excluding hydrogens is 236 g/mol. The molecule has 18 heavy (non-hydrogen) atoms. The third kappa shape index (κ3) is 2.80. The molecule has 1 aliphatic rings. The van der Waals surface area contributed by atoms with E-state index in [0.29, 0.717) is 25.8 Å². The van der Waals surface area contributed by atoms with E-state index in [1.165, 1.54) is 11.8 Å². The highest BCUT2D eigenvalue weighted by Gasteiger charge is 2.48. The second-order valence-corrected chi connectivity index (χ2v) is 4.57. The Kier molecular flexibility index (Phi) is 4.69. The normalized spacial score (nSPS) is 22.9. The topological polar surface area (TPSA) is 86.7 Å². The molecule has 1 saturated heterocycles. The van der Waals surface area contributed by atoms with E-state index in [4.69, 9.17) is 0 Å². The van der Waals surface area contributed by atoms with Gasteiger partial charge >= 0.3 is 5.97 Å². The number of carbonyl (C=O) groups is 3. The number of hydrogen-bond donors (Lipinski definition) is 2. The van der Waals surface area contributed by atoms with Gasteiger partial charge in [-0.3, -0.25) is 9.59 Å². The Morgan fingerprint density at radius 1 is 1.39 bits per heavy atom. The smallest absolute Gasteiger partial charge is 0.329 e. The van der Waals surface area contributed by atoms with Crippen molar-refractivity contribution < 1.29 is 19.5 Å². The van der Waals surface area contributed by atoms with Crippen molar-refractivity contribution in [2.45, 2.75) is 45.1 Å². The van der Waals surface area contributed by atoms with Crippen LogP contribution in [0.4, 0.5) is 0 Å². The number of carbonyl (C=O) groups excluding carboxylic acids is 2. The summed E-state index contributed by atoms with van der Waals surface area (Å²) in [5, 5.41) is 11.9. The van der Waals surface area contributed by atoms with Crippen LogP contribution in [0.2, 0.25) is 0 Å². The SMILES string of the molecule is CCC1(C(=O)O)CCCN1C(=O)CCNC(C)=O. The Labute approximate surface area is 106 Å². The minimum Gasteiger partial charge on any atom is -0.479 e. The Bertz CT molecular complexity index is 356. The maximum Gasteiger partial charge on any atom is 0.329 e. The van der Waals surface area contributed by atoms with E-state index in [-0.39, 0.29) is 24.8 Å². The van der Waals surface area contributed by atoms with E-state index < -0.39 is 11.5 Å². The third-order valence-electron chi connectivity index (χ3n) is 3.49. The van der Waals surface area contributed by atoms with Gasteiger partial charge in [-0.15, -0.1) is 0 Å². The number of aliphatic carboxylic acids is 1. The Morgan fingerprint density at radius 2 is 2.06 bits per heavy atom. The minimum absolute atomic E-state index is 0.147. The number of nitrogens with one attached hydrogen (secondary N) is 1. The molecule has 0 aromatic rings. The van der Waals surface area contributed by atoms with E-state index in [2.05, 4.69) is 5.32 Å². The van der Waals surface area contributed by atoms with Crippen molar-refractivity contribution >= 4 is 17.8 Å². The summed E-state index contributed by atoms with van der Waals surface area (Å²) in [6.07, 6.45) is 1.78. The summed E-state index contributed by atoms with van der Waals surface area (Å²) in [4.78, 5) is 35.6. The van der Waals surface area contributed by atoms with Crippen LogP contribution in [0, 0.1) is 0 Å². The standard InChI is InChI=1S/C12H20N2O4/c1-3-12(11(17)18)6-4-8-14(12)10(16)5-7-13-9(2)15/h3-8H2,1-2H3,(H,13,15)(H,17,18). The van der Waals surface area contributed by atoms with Gasteiger partial charge in [0.05, 0.1) is 0 Å². The summed E-state index contributed by atoms with van der Waals surface area (Å²) < 4.78 is 0. The molecule has 0 saturated carbocycles. The van der Waals surface area contributed by atoms with Crippen LogP contribution in [-0.4, -0.2) is 46.4 Å². The van der Waals surface area contributed by atoms with E-state index in [1.807, 2.05) is 0 Å². The van der Waals surface area contributed by atoms with Gasteiger partial charge in [-0.05, 0) is 19.3 Å². The van der Waals surface area contributed by atoms with Gasteiger partial charge in [0, 0.05) is 26.4 Å². The molecule has 1 atom stereocenters. The van der Waals surface area contributed by atoms with Gasteiger partial charge in [-0.1, -0.05) is 6.92 Å². The second-order valence-electron chi connectivity index (χ2n) is 4.57. The summed E-state index contributed by atoms with van der Waals surface area (Å²) in [6, 6.07) is 0. The quantitative estimate of drug-likeness (QED) is 0.744. The molecule has 1 fully saturated rings. The van der Waals surface area contributed by atoms with Crippen molar-refractivity contribution in [1.29, 1.82) is 0 Å². The molecule has 0 aromatic carbocycles. The molecule has 1 aliphatic heterocycles. The van der Waals surface area contributed by atoms with Gasteiger partial charge in [0.25, 0.3) is 0 Å². The monoisotopic (exact) mass is 256 g/mol. The highest BCUT2D eigenvalue weighted by molar-refractivity contribution is 5.88.